The Morgan fingerprint density at radius 1 is 1.22 bits per heavy atom. The smallest absolute Gasteiger partial charge is 0.124 e. The van der Waals surface area contributed by atoms with Gasteiger partial charge in [0.15, 0.2) is 0 Å². The first kappa shape index (κ1) is 15.9. The van der Waals surface area contributed by atoms with Gasteiger partial charge in [-0.2, -0.15) is 0 Å². The highest BCUT2D eigenvalue weighted by Gasteiger charge is 2.15. The van der Waals surface area contributed by atoms with E-state index in [1.165, 1.54) is 12.1 Å². The van der Waals surface area contributed by atoms with E-state index in [0.29, 0.717) is 0 Å². The average molecular weight is 383 g/mol. The van der Waals surface area contributed by atoms with Crippen molar-refractivity contribution < 1.29 is 17.5 Å². The highest BCUT2D eigenvalue weighted by atomic mass is 127. The van der Waals surface area contributed by atoms with Crippen LogP contribution in [0.3, 0.4) is 0 Å². The van der Waals surface area contributed by atoms with Gasteiger partial charge in [-0.05, 0) is 12.1 Å². The van der Waals surface area contributed by atoms with Gasteiger partial charge >= 0.3 is 0 Å². The largest absolute Gasteiger partial charge is 0.744 e. The minimum Gasteiger partial charge on any atom is -0.744 e. The van der Waals surface area contributed by atoms with Gasteiger partial charge in [-0.3, -0.25) is 0 Å². The first-order valence-electron chi connectivity index (χ1n) is 5.67. The molecule has 0 amide bonds. The lowest BCUT2D eigenvalue weighted by Crippen LogP contribution is -2.39. The molecule has 1 aromatic rings. The van der Waals surface area contributed by atoms with Gasteiger partial charge in [0.2, 0.25) is 0 Å². The van der Waals surface area contributed by atoms with Crippen molar-refractivity contribution in [1.82, 2.24) is 0 Å². The van der Waals surface area contributed by atoms with Gasteiger partial charge in [-0.15, -0.1) is 0 Å². The quantitative estimate of drug-likeness (QED) is 0.327. The molecule has 0 aromatic heterocycles. The molecule has 102 valence electrons. The molecule has 0 N–H and O–H groups in total. The lowest BCUT2D eigenvalue weighted by atomic mass is 10.2. The fraction of sp³-hybridized carbons (Fsp3) is 0.500. The van der Waals surface area contributed by atoms with E-state index in [2.05, 4.69) is 36.7 Å². The molecule has 0 aliphatic heterocycles. The van der Waals surface area contributed by atoms with Crippen molar-refractivity contribution >= 4 is 32.7 Å². The third kappa shape index (κ3) is 5.21. The molecule has 1 rings (SSSR count). The fourth-order valence-corrected chi connectivity index (χ4v) is 2.63. The van der Waals surface area contributed by atoms with Crippen LogP contribution in [0.5, 0.6) is 0 Å². The average Bonchev–Trinajstić information content (AvgIpc) is 2.25. The van der Waals surface area contributed by atoms with Crippen LogP contribution in [0.25, 0.3) is 0 Å². The molecule has 0 saturated carbocycles. The van der Waals surface area contributed by atoms with Crippen molar-refractivity contribution in [3.05, 3.63) is 29.8 Å². The first-order valence-corrected chi connectivity index (χ1v) is 8.61. The van der Waals surface area contributed by atoms with Gasteiger partial charge in [-0.1, -0.05) is 34.7 Å². The van der Waals surface area contributed by atoms with Gasteiger partial charge in [0.05, 0.1) is 25.5 Å². The molecule has 0 atom stereocenters. The van der Waals surface area contributed by atoms with Crippen molar-refractivity contribution in [2.45, 2.75) is 17.9 Å². The van der Waals surface area contributed by atoms with Gasteiger partial charge in [0, 0.05) is 16.4 Å². The maximum absolute atomic E-state index is 10.8. The molecule has 0 aliphatic carbocycles. The highest BCUT2D eigenvalue weighted by molar-refractivity contribution is 14.1. The Morgan fingerprint density at radius 2 is 1.78 bits per heavy atom. The Kier molecular flexibility index (Phi) is 5.57. The van der Waals surface area contributed by atoms with Crippen molar-refractivity contribution in [2.24, 2.45) is 0 Å². The maximum Gasteiger partial charge on any atom is 0.124 e. The molecule has 0 saturated heterocycles. The van der Waals surface area contributed by atoms with E-state index in [4.69, 9.17) is 0 Å². The van der Waals surface area contributed by atoms with Crippen molar-refractivity contribution in [2.75, 3.05) is 25.1 Å². The number of rotatable bonds is 6. The summed E-state index contributed by atoms with van der Waals surface area (Å²) in [5.74, 6) is 0. The van der Waals surface area contributed by atoms with Crippen LogP contribution in [0.2, 0.25) is 0 Å². The van der Waals surface area contributed by atoms with Crippen LogP contribution < -0.4 is 0 Å². The Bertz CT molecular complexity index is 483. The van der Waals surface area contributed by atoms with Gasteiger partial charge in [-0.25, -0.2) is 8.42 Å². The van der Waals surface area contributed by atoms with Crippen LogP contribution in [0, 0.1) is 0 Å². The zero-order valence-electron chi connectivity index (χ0n) is 10.6. The molecule has 6 heteroatoms. The summed E-state index contributed by atoms with van der Waals surface area (Å²) in [5, 5.41) is 0. The molecule has 0 bridgehead atoms. The molecular weight excluding hydrogens is 365 g/mol. The normalized spacial score (nSPS) is 12.7. The number of alkyl halides is 1. The number of hydrogen-bond donors (Lipinski definition) is 0. The van der Waals surface area contributed by atoms with Crippen LogP contribution in [0.4, 0.5) is 0 Å². The van der Waals surface area contributed by atoms with E-state index in [0.717, 1.165) is 34.0 Å². The van der Waals surface area contributed by atoms with Crippen molar-refractivity contribution in [1.29, 1.82) is 0 Å². The van der Waals surface area contributed by atoms with Gasteiger partial charge in [0.25, 0.3) is 0 Å². The summed E-state index contributed by atoms with van der Waals surface area (Å²) in [6, 6.07) is 6.20. The zero-order valence-corrected chi connectivity index (χ0v) is 13.6. The topological polar surface area (TPSA) is 57.2 Å². The minimum absolute atomic E-state index is 0.163. The molecule has 18 heavy (non-hydrogen) atoms. The van der Waals surface area contributed by atoms with Crippen LogP contribution in [-0.4, -0.2) is 42.5 Å². The van der Waals surface area contributed by atoms with E-state index in [1.807, 2.05) is 0 Å². The van der Waals surface area contributed by atoms with Crippen LogP contribution in [-0.2, 0) is 16.7 Å². The fourth-order valence-electron chi connectivity index (χ4n) is 1.82. The minimum atomic E-state index is -4.33. The van der Waals surface area contributed by atoms with Crippen LogP contribution >= 0.6 is 22.6 Å². The van der Waals surface area contributed by atoms with Crippen molar-refractivity contribution in [3.63, 3.8) is 0 Å². The summed E-state index contributed by atoms with van der Waals surface area (Å²) >= 11 is 2.36. The monoisotopic (exact) mass is 383 g/mol. The molecular formula is C12H18INO3S. The summed E-state index contributed by atoms with van der Waals surface area (Å²) < 4.78 is 34.4. The molecule has 0 aliphatic rings. The van der Waals surface area contributed by atoms with E-state index in [-0.39, 0.29) is 4.90 Å². The number of quaternary nitrogens is 1. The Hall–Kier alpha value is -0.180. The molecule has 0 heterocycles. The highest BCUT2D eigenvalue weighted by Crippen LogP contribution is 2.14. The van der Waals surface area contributed by atoms with E-state index < -0.39 is 10.1 Å². The number of benzene rings is 1. The summed E-state index contributed by atoms with van der Waals surface area (Å²) in [7, 11) is -0.0467. The Balaban J connectivity index is 2.75. The lowest BCUT2D eigenvalue weighted by molar-refractivity contribution is -0.903. The summed E-state index contributed by atoms with van der Waals surface area (Å²) in [6.07, 6.45) is 1.15. The predicted octanol–water partition coefficient (Wildman–Crippen LogP) is 1.99. The van der Waals surface area contributed by atoms with E-state index in [9.17, 15) is 13.0 Å². The second kappa shape index (κ2) is 6.31. The molecule has 0 fully saturated rings. The van der Waals surface area contributed by atoms with Crippen molar-refractivity contribution in [3.8, 4) is 0 Å². The second-order valence-electron chi connectivity index (χ2n) is 4.96. The summed E-state index contributed by atoms with van der Waals surface area (Å²) in [6.45, 7) is 1.90. The standard InChI is InChI=1S/C12H18INO3S/c1-14(2,9-3-8-13)10-11-4-6-12(7-5-11)18(15,16)17/h4-7H,3,8-10H2,1-2H3. The third-order valence-corrected chi connectivity index (χ3v) is 4.33. The van der Waals surface area contributed by atoms with E-state index >= 15 is 0 Å². The lowest BCUT2D eigenvalue weighted by Gasteiger charge is -2.29. The second-order valence-corrected chi connectivity index (χ2v) is 7.42. The predicted molar refractivity (Wildman–Crippen MR) is 78.6 cm³/mol. The summed E-state index contributed by atoms with van der Waals surface area (Å²) in [5.41, 5.74) is 1.04. The Labute approximate surface area is 122 Å². The zero-order chi connectivity index (χ0) is 13.8. The van der Waals surface area contributed by atoms with E-state index in [1.54, 1.807) is 12.1 Å². The van der Waals surface area contributed by atoms with Gasteiger partial charge < -0.3 is 9.04 Å². The number of nitrogens with zero attached hydrogens (tertiary/aromatic N) is 1. The molecule has 4 nitrogen and oxygen atoms in total. The third-order valence-electron chi connectivity index (χ3n) is 2.72. The number of halogens is 1. The molecule has 0 radical (unpaired) electrons. The first-order chi connectivity index (χ1) is 8.24. The maximum atomic E-state index is 10.8. The van der Waals surface area contributed by atoms with Crippen LogP contribution in [0.1, 0.15) is 12.0 Å². The molecule has 0 unspecified atom stereocenters. The molecule has 0 spiro atoms. The van der Waals surface area contributed by atoms with Crippen LogP contribution in [0.15, 0.2) is 29.2 Å². The molecule has 1 aromatic carbocycles. The van der Waals surface area contributed by atoms with Gasteiger partial charge in [0.1, 0.15) is 16.7 Å². The number of hydrogen-bond acceptors (Lipinski definition) is 3. The summed E-state index contributed by atoms with van der Waals surface area (Å²) in [4.78, 5) is -0.163. The SMILES string of the molecule is C[N+](C)(CCCI)Cc1ccc(S(=O)(=O)[O-])cc1. The Morgan fingerprint density at radius 3 is 2.22 bits per heavy atom.